The van der Waals surface area contributed by atoms with E-state index in [2.05, 4.69) is 4.99 Å². The number of hydrogen-bond donors (Lipinski definition) is 3. The first-order valence-corrected chi connectivity index (χ1v) is 7.46. The van der Waals surface area contributed by atoms with E-state index in [0.29, 0.717) is 5.56 Å². The number of ketones is 2. The van der Waals surface area contributed by atoms with Gasteiger partial charge in [-0.25, -0.2) is 0 Å². The van der Waals surface area contributed by atoms with Crippen LogP contribution in [0.3, 0.4) is 0 Å². The molecule has 2 atom stereocenters. The fraction of sp³-hybridized carbons (Fsp3) is 0.353. The van der Waals surface area contributed by atoms with Gasteiger partial charge in [0.2, 0.25) is 5.78 Å². The smallest absolute Gasteiger partial charge is 0.272 e. The number of Topliss-reactive ketones (excluding diaryl/α,β-unsaturated/α-hetero) is 1. The quantitative estimate of drug-likeness (QED) is 0.641. The second-order valence-electron chi connectivity index (χ2n) is 5.90. The number of allylic oxidation sites excluding steroid dienone is 1. The molecule has 1 aliphatic heterocycles. The van der Waals surface area contributed by atoms with Crippen molar-refractivity contribution in [2.24, 2.45) is 10.9 Å². The number of aliphatic hydroxyl groups is 3. The molecule has 1 aromatic carbocycles. The maximum Gasteiger partial charge on any atom is 0.272 e. The fourth-order valence-corrected chi connectivity index (χ4v) is 2.75. The summed E-state index contributed by atoms with van der Waals surface area (Å²) >= 11 is 0. The maximum absolute atomic E-state index is 12.8. The van der Waals surface area contributed by atoms with Gasteiger partial charge in [-0.3, -0.25) is 14.6 Å². The number of aliphatic hydroxyl groups excluding tert-OH is 2. The molecule has 2 unspecified atom stereocenters. The Morgan fingerprint density at radius 2 is 1.92 bits per heavy atom. The number of ether oxygens (including phenoxy) is 1. The van der Waals surface area contributed by atoms with Crippen LogP contribution in [0.5, 0.6) is 0 Å². The van der Waals surface area contributed by atoms with E-state index in [1.165, 1.54) is 6.08 Å². The highest BCUT2D eigenvalue weighted by atomic mass is 16.6. The molecule has 1 aliphatic carbocycles. The van der Waals surface area contributed by atoms with E-state index in [0.717, 1.165) is 6.08 Å². The summed E-state index contributed by atoms with van der Waals surface area (Å²) in [5.41, 5.74) is -1.23. The van der Waals surface area contributed by atoms with E-state index in [9.17, 15) is 24.9 Å². The predicted octanol–water partition coefficient (Wildman–Crippen LogP) is -0.492. The van der Waals surface area contributed by atoms with Gasteiger partial charge >= 0.3 is 0 Å². The lowest BCUT2D eigenvalue weighted by molar-refractivity contribution is -0.186. The highest BCUT2D eigenvalue weighted by Crippen LogP contribution is 2.33. The Morgan fingerprint density at radius 3 is 2.54 bits per heavy atom. The van der Waals surface area contributed by atoms with Crippen molar-refractivity contribution in [1.29, 1.82) is 0 Å². The SMILES string of the molecule is O=C(c1ccccc1)C1C=CC(=O)C2(O)OCC(CO)(CO)N=C12. The van der Waals surface area contributed by atoms with Gasteiger partial charge in [0.15, 0.2) is 5.78 Å². The van der Waals surface area contributed by atoms with Crippen LogP contribution in [0, 0.1) is 5.92 Å². The number of fused-ring (bicyclic) bond motifs is 1. The molecule has 0 fully saturated rings. The lowest BCUT2D eigenvalue weighted by atomic mass is 9.80. The zero-order valence-electron chi connectivity index (χ0n) is 12.8. The highest BCUT2D eigenvalue weighted by Gasteiger charge is 2.54. The normalized spacial score (nSPS) is 28.2. The Labute approximate surface area is 137 Å². The van der Waals surface area contributed by atoms with Crippen LogP contribution in [-0.2, 0) is 9.53 Å². The van der Waals surface area contributed by atoms with Crippen molar-refractivity contribution in [3.05, 3.63) is 48.0 Å². The first-order valence-electron chi connectivity index (χ1n) is 7.46. The van der Waals surface area contributed by atoms with E-state index < -0.39 is 36.2 Å². The summed E-state index contributed by atoms with van der Waals surface area (Å²) in [5, 5.41) is 29.6. The molecule has 7 heteroatoms. The highest BCUT2D eigenvalue weighted by molar-refractivity contribution is 6.27. The molecule has 0 aromatic heterocycles. The average Bonchev–Trinajstić information content (AvgIpc) is 2.63. The largest absolute Gasteiger partial charge is 0.394 e. The zero-order chi connectivity index (χ0) is 17.4. The lowest BCUT2D eigenvalue weighted by Crippen LogP contribution is -2.62. The third-order valence-corrected chi connectivity index (χ3v) is 4.25. The van der Waals surface area contributed by atoms with Gasteiger partial charge in [0.1, 0.15) is 5.54 Å². The molecule has 7 nitrogen and oxygen atoms in total. The van der Waals surface area contributed by atoms with E-state index in [-0.39, 0.29) is 18.1 Å². The van der Waals surface area contributed by atoms with Gasteiger partial charge in [0, 0.05) is 5.56 Å². The second-order valence-corrected chi connectivity index (χ2v) is 5.90. The maximum atomic E-state index is 12.8. The summed E-state index contributed by atoms with van der Waals surface area (Å²) in [7, 11) is 0. The molecular weight excluding hydrogens is 314 g/mol. The first-order chi connectivity index (χ1) is 11.5. The molecule has 126 valence electrons. The van der Waals surface area contributed by atoms with Crippen molar-refractivity contribution in [2.45, 2.75) is 11.3 Å². The molecule has 3 rings (SSSR count). The molecule has 2 aliphatic rings. The standard InChI is InChI=1S/C17H17NO6/c19-8-16(9-20)10-24-17(23)13(21)7-6-12(15(17)18-16)14(22)11-4-2-1-3-5-11/h1-7,12,19-20,23H,8-10H2. The molecule has 1 aromatic rings. The third-order valence-electron chi connectivity index (χ3n) is 4.25. The van der Waals surface area contributed by atoms with Crippen LogP contribution < -0.4 is 0 Å². The molecule has 0 saturated heterocycles. The van der Waals surface area contributed by atoms with Crippen molar-refractivity contribution < 1.29 is 29.6 Å². The van der Waals surface area contributed by atoms with E-state index in [1.807, 2.05) is 0 Å². The minimum Gasteiger partial charge on any atom is -0.394 e. The van der Waals surface area contributed by atoms with Gasteiger partial charge in [0.05, 0.1) is 31.5 Å². The number of nitrogens with zero attached hydrogens (tertiary/aromatic N) is 1. The summed E-state index contributed by atoms with van der Waals surface area (Å²) < 4.78 is 5.25. The Balaban J connectivity index is 2.09. The van der Waals surface area contributed by atoms with Crippen LogP contribution in [0.2, 0.25) is 0 Å². The van der Waals surface area contributed by atoms with Crippen LogP contribution >= 0.6 is 0 Å². The number of rotatable bonds is 4. The summed E-state index contributed by atoms with van der Waals surface area (Å²) in [6.45, 7) is -1.44. The second kappa shape index (κ2) is 6.03. The van der Waals surface area contributed by atoms with Crippen molar-refractivity contribution in [3.8, 4) is 0 Å². The van der Waals surface area contributed by atoms with Crippen LogP contribution in [0.1, 0.15) is 10.4 Å². The molecule has 0 bridgehead atoms. The van der Waals surface area contributed by atoms with Gasteiger partial charge in [0.25, 0.3) is 5.79 Å². The molecular formula is C17H17NO6. The monoisotopic (exact) mass is 331 g/mol. The van der Waals surface area contributed by atoms with Crippen molar-refractivity contribution in [2.75, 3.05) is 19.8 Å². The number of aliphatic imine (C=N–C) groups is 1. The average molecular weight is 331 g/mol. The Bertz CT molecular complexity index is 722. The van der Waals surface area contributed by atoms with E-state index in [4.69, 9.17) is 4.74 Å². The number of hydrogen-bond acceptors (Lipinski definition) is 7. The molecule has 0 spiro atoms. The van der Waals surface area contributed by atoms with Gasteiger partial charge < -0.3 is 20.1 Å². The first kappa shape index (κ1) is 16.7. The number of benzene rings is 1. The van der Waals surface area contributed by atoms with Gasteiger partial charge in [-0.1, -0.05) is 36.4 Å². The summed E-state index contributed by atoms with van der Waals surface area (Å²) in [4.78, 5) is 29.0. The van der Waals surface area contributed by atoms with Crippen LogP contribution in [0.4, 0.5) is 0 Å². The summed E-state index contributed by atoms with van der Waals surface area (Å²) in [6, 6.07) is 8.38. The van der Waals surface area contributed by atoms with Crippen LogP contribution in [0.25, 0.3) is 0 Å². The molecule has 1 heterocycles. The summed E-state index contributed by atoms with van der Waals surface area (Å²) in [6.07, 6.45) is 2.44. The minimum atomic E-state index is -2.35. The summed E-state index contributed by atoms with van der Waals surface area (Å²) in [5.74, 6) is -4.49. The molecule has 24 heavy (non-hydrogen) atoms. The molecule has 0 radical (unpaired) electrons. The van der Waals surface area contributed by atoms with Crippen molar-refractivity contribution >= 4 is 17.3 Å². The van der Waals surface area contributed by atoms with Crippen molar-refractivity contribution in [3.63, 3.8) is 0 Å². The topological polar surface area (TPSA) is 116 Å². The van der Waals surface area contributed by atoms with Crippen LogP contribution in [0.15, 0.2) is 47.5 Å². The Morgan fingerprint density at radius 1 is 1.25 bits per heavy atom. The van der Waals surface area contributed by atoms with Gasteiger partial charge in [-0.15, -0.1) is 0 Å². The Kier molecular flexibility index (Phi) is 4.18. The number of carbonyl (C=O) groups is 2. The van der Waals surface area contributed by atoms with Crippen molar-refractivity contribution in [1.82, 2.24) is 0 Å². The molecule has 3 N–H and O–H groups in total. The zero-order valence-corrected chi connectivity index (χ0v) is 12.8. The number of carbonyl (C=O) groups excluding carboxylic acids is 2. The van der Waals surface area contributed by atoms with Gasteiger partial charge in [-0.2, -0.15) is 0 Å². The van der Waals surface area contributed by atoms with E-state index in [1.54, 1.807) is 30.3 Å². The fourth-order valence-electron chi connectivity index (χ4n) is 2.75. The predicted molar refractivity (Wildman–Crippen MR) is 83.6 cm³/mol. The Hall–Kier alpha value is -2.19. The van der Waals surface area contributed by atoms with E-state index >= 15 is 0 Å². The van der Waals surface area contributed by atoms with Crippen LogP contribution in [-0.4, -0.2) is 63.7 Å². The third kappa shape index (κ3) is 2.51. The minimum absolute atomic E-state index is 0.210. The van der Waals surface area contributed by atoms with Gasteiger partial charge in [-0.05, 0) is 6.08 Å². The lowest BCUT2D eigenvalue weighted by Gasteiger charge is -2.42. The molecule has 0 saturated carbocycles. The molecule has 0 amide bonds.